The Morgan fingerprint density at radius 3 is 2.46 bits per heavy atom. The molecule has 78 valence electrons. The van der Waals surface area contributed by atoms with Gasteiger partial charge in [-0.2, -0.15) is 0 Å². The normalized spacial score (nSPS) is 10.2. The van der Waals surface area contributed by atoms with Gasteiger partial charge >= 0.3 is 0 Å². The average Bonchev–Trinajstić information content (AvgIpc) is 2.09. The number of hydrogen-bond donors (Lipinski definition) is 2. The van der Waals surface area contributed by atoms with E-state index in [0.717, 1.165) is 26.1 Å². The van der Waals surface area contributed by atoms with Gasteiger partial charge < -0.3 is 10.5 Å². The fourth-order valence-electron chi connectivity index (χ4n) is 1.10. The Bertz CT molecular complexity index is 126. The monoisotopic (exact) mass is 186 g/mol. The SMILES string of the molecule is CCCCCCOCCCC(=N)N. The maximum absolute atomic E-state index is 6.99. The van der Waals surface area contributed by atoms with Gasteiger partial charge in [0.15, 0.2) is 0 Å². The minimum atomic E-state index is 0.259. The van der Waals surface area contributed by atoms with Crippen molar-refractivity contribution in [1.29, 1.82) is 5.41 Å². The van der Waals surface area contributed by atoms with E-state index in [9.17, 15) is 0 Å². The van der Waals surface area contributed by atoms with E-state index in [2.05, 4.69) is 6.92 Å². The van der Waals surface area contributed by atoms with Gasteiger partial charge in [-0.05, 0) is 12.8 Å². The van der Waals surface area contributed by atoms with Gasteiger partial charge in [0.05, 0.1) is 5.84 Å². The maximum Gasteiger partial charge on any atom is 0.0906 e. The van der Waals surface area contributed by atoms with Crippen LogP contribution >= 0.6 is 0 Å². The molecule has 0 radical (unpaired) electrons. The highest BCUT2D eigenvalue weighted by Gasteiger charge is 1.91. The van der Waals surface area contributed by atoms with Crippen molar-refractivity contribution in [2.24, 2.45) is 5.73 Å². The predicted octanol–water partition coefficient (Wildman–Crippen LogP) is 2.30. The first-order valence-electron chi connectivity index (χ1n) is 5.18. The second-order valence-electron chi connectivity index (χ2n) is 3.30. The van der Waals surface area contributed by atoms with Crippen LogP contribution < -0.4 is 5.73 Å². The van der Waals surface area contributed by atoms with Gasteiger partial charge in [-0.1, -0.05) is 26.2 Å². The molecular formula is C10H22N2O. The highest BCUT2D eigenvalue weighted by molar-refractivity contribution is 5.76. The number of unbranched alkanes of at least 4 members (excludes halogenated alkanes) is 3. The summed E-state index contributed by atoms with van der Waals surface area (Å²) in [6, 6.07) is 0. The lowest BCUT2D eigenvalue weighted by molar-refractivity contribution is 0.129. The van der Waals surface area contributed by atoms with Crippen molar-refractivity contribution in [1.82, 2.24) is 0 Å². The predicted molar refractivity (Wildman–Crippen MR) is 56.1 cm³/mol. The second kappa shape index (κ2) is 9.52. The number of rotatable bonds is 9. The second-order valence-corrected chi connectivity index (χ2v) is 3.30. The van der Waals surface area contributed by atoms with Crippen LogP contribution in [0.4, 0.5) is 0 Å². The topological polar surface area (TPSA) is 59.1 Å². The molecule has 0 rings (SSSR count). The van der Waals surface area contributed by atoms with Crippen LogP contribution in [0.3, 0.4) is 0 Å². The van der Waals surface area contributed by atoms with Crippen LogP contribution in [0.25, 0.3) is 0 Å². The summed E-state index contributed by atoms with van der Waals surface area (Å²) in [5.74, 6) is 0.259. The zero-order valence-corrected chi connectivity index (χ0v) is 8.64. The molecule has 0 amide bonds. The Kier molecular flexibility index (Phi) is 9.10. The molecule has 3 heteroatoms. The van der Waals surface area contributed by atoms with Crippen molar-refractivity contribution in [2.75, 3.05) is 13.2 Å². The summed E-state index contributed by atoms with van der Waals surface area (Å²) in [7, 11) is 0. The molecule has 0 atom stereocenters. The summed E-state index contributed by atoms with van der Waals surface area (Å²) in [5.41, 5.74) is 5.20. The number of nitrogens with one attached hydrogen (secondary N) is 1. The average molecular weight is 186 g/mol. The molecule has 0 aliphatic carbocycles. The highest BCUT2D eigenvalue weighted by Crippen LogP contribution is 1.99. The van der Waals surface area contributed by atoms with E-state index in [1.807, 2.05) is 0 Å². The molecular weight excluding hydrogens is 164 g/mol. The van der Waals surface area contributed by atoms with Gasteiger partial charge in [0.1, 0.15) is 0 Å². The molecule has 0 aromatic rings. The minimum Gasteiger partial charge on any atom is -0.388 e. The molecule has 0 spiro atoms. The van der Waals surface area contributed by atoms with Gasteiger partial charge in [-0.3, -0.25) is 5.41 Å². The molecule has 0 aliphatic heterocycles. The standard InChI is InChI=1S/C10H22N2O/c1-2-3-4-5-8-13-9-6-7-10(11)12/h2-9H2,1H3,(H3,11,12). The lowest BCUT2D eigenvalue weighted by atomic mass is 10.2. The Morgan fingerprint density at radius 1 is 1.15 bits per heavy atom. The smallest absolute Gasteiger partial charge is 0.0906 e. The quantitative estimate of drug-likeness (QED) is 0.330. The van der Waals surface area contributed by atoms with E-state index >= 15 is 0 Å². The third-order valence-electron chi connectivity index (χ3n) is 1.88. The van der Waals surface area contributed by atoms with Crippen molar-refractivity contribution in [2.45, 2.75) is 45.4 Å². The lowest BCUT2D eigenvalue weighted by Crippen LogP contribution is -2.10. The van der Waals surface area contributed by atoms with E-state index in [4.69, 9.17) is 15.9 Å². The molecule has 3 nitrogen and oxygen atoms in total. The van der Waals surface area contributed by atoms with Gasteiger partial charge in [0.2, 0.25) is 0 Å². The fourth-order valence-corrected chi connectivity index (χ4v) is 1.10. The first kappa shape index (κ1) is 12.4. The lowest BCUT2D eigenvalue weighted by Gasteiger charge is -2.02. The first-order valence-corrected chi connectivity index (χ1v) is 5.18. The fraction of sp³-hybridized carbons (Fsp3) is 0.900. The molecule has 0 heterocycles. The van der Waals surface area contributed by atoms with Crippen LogP contribution in [0.15, 0.2) is 0 Å². The van der Waals surface area contributed by atoms with Crippen molar-refractivity contribution in [3.63, 3.8) is 0 Å². The third-order valence-corrected chi connectivity index (χ3v) is 1.88. The van der Waals surface area contributed by atoms with Crippen molar-refractivity contribution < 1.29 is 4.74 Å². The maximum atomic E-state index is 6.99. The van der Waals surface area contributed by atoms with Gasteiger partial charge in [-0.15, -0.1) is 0 Å². The van der Waals surface area contributed by atoms with Gasteiger partial charge in [0.25, 0.3) is 0 Å². The molecule has 0 saturated carbocycles. The molecule has 13 heavy (non-hydrogen) atoms. The molecule has 0 aliphatic rings. The molecule has 3 N–H and O–H groups in total. The van der Waals surface area contributed by atoms with Crippen LogP contribution in [0.1, 0.15) is 45.4 Å². The van der Waals surface area contributed by atoms with E-state index < -0.39 is 0 Å². The molecule has 0 fully saturated rings. The number of amidine groups is 1. The zero-order chi connectivity index (χ0) is 9.94. The van der Waals surface area contributed by atoms with Crippen LogP contribution in [0.5, 0.6) is 0 Å². The largest absolute Gasteiger partial charge is 0.388 e. The Labute approximate surface area is 81.2 Å². The van der Waals surface area contributed by atoms with Crippen LogP contribution in [-0.2, 0) is 4.74 Å². The minimum absolute atomic E-state index is 0.259. The Balaban J connectivity index is 2.87. The Hall–Kier alpha value is -0.570. The first-order chi connectivity index (χ1) is 6.27. The molecule has 0 saturated heterocycles. The zero-order valence-electron chi connectivity index (χ0n) is 8.64. The van der Waals surface area contributed by atoms with Crippen LogP contribution in [-0.4, -0.2) is 19.0 Å². The van der Waals surface area contributed by atoms with Crippen LogP contribution in [0.2, 0.25) is 0 Å². The summed E-state index contributed by atoms with van der Waals surface area (Å²) in [5, 5.41) is 6.99. The molecule has 0 aromatic carbocycles. The molecule has 0 unspecified atom stereocenters. The number of hydrogen-bond acceptors (Lipinski definition) is 2. The Morgan fingerprint density at radius 2 is 1.85 bits per heavy atom. The van der Waals surface area contributed by atoms with Crippen molar-refractivity contribution in [3.8, 4) is 0 Å². The van der Waals surface area contributed by atoms with Crippen molar-refractivity contribution >= 4 is 5.84 Å². The van der Waals surface area contributed by atoms with Gasteiger partial charge in [0, 0.05) is 19.6 Å². The highest BCUT2D eigenvalue weighted by atomic mass is 16.5. The number of ether oxygens (including phenoxy) is 1. The van der Waals surface area contributed by atoms with Crippen molar-refractivity contribution in [3.05, 3.63) is 0 Å². The molecule has 0 bridgehead atoms. The van der Waals surface area contributed by atoms with E-state index in [1.54, 1.807) is 0 Å². The van der Waals surface area contributed by atoms with E-state index in [0.29, 0.717) is 6.42 Å². The van der Waals surface area contributed by atoms with E-state index in [-0.39, 0.29) is 5.84 Å². The summed E-state index contributed by atoms with van der Waals surface area (Å²) in [4.78, 5) is 0. The third kappa shape index (κ3) is 11.4. The summed E-state index contributed by atoms with van der Waals surface area (Å²) in [6.07, 6.45) is 6.54. The number of nitrogens with two attached hydrogens (primary N) is 1. The molecule has 0 aromatic heterocycles. The van der Waals surface area contributed by atoms with E-state index in [1.165, 1.54) is 19.3 Å². The summed E-state index contributed by atoms with van der Waals surface area (Å²) in [6.45, 7) is 3.80. The summed E-state index contributed by atoms with van der Waals surface area (Å²) < 4.78 is 5.38. The summed E-state index contributed by atoms with van der Waals surface area (Å²) >= 11 is 0. The van der Waals surface area contributed by atoms with Crippen LogP contribution in [0, 0.1) is 5.41 Å². The van der Waals surface area contributed by atoms with Gasteiger partial charge in [-0.25, -0.2) is 0 Å².